The molecule has 1 fully saturated rings. The maximum absolute atomic E-state index is 11.6. The number of carbonyl (C=O) groups is 1. The van der Waals surface area contributed by atoms with Gasteiger partial charge in [-0.25, -0.2) is 5.01 Å². The summed E-state index contributed by atoms with van der Waals surface area (Å²) in [5, 5.41) is 13.1. The standard InChI is InChI=1S/C11H22N2O2/c1-9(2)8-12-6-5-11(15)13(12)7-4-10(3)14/h9-10,14H,4-8H2,1-3H3. The predicted molar refractivity (Wildman–Crippen MR) is 59.0 cm³/mol. The number of aliphatic hydroxyl groups excluding tert-OH is 1. The van der Waals surface area contributed by atoms with Crippen LogP contribution in [0.1, 0.15) is 33.6 Å². The van der Waals surface area contributed by atoms with Gasteiger partial charge in [0.05, 0.1) is 6.10 Å². The summed E-state index contributed by atoms with van der Waals surface area (Å²) >= 11 is 0. The lowest BCUT2D eigenvalue weighted by molar-refractivity contribution is -0.139. The van der Waals surface area contributed by atoms with Crippen LogP contribution in [0.3, 0.4) is 0 Å². The van der Waals surface area contributed by atoms with E-state index in [4.69, 9.17) is 0 Å². The van der Waals surface area contributed by atoms with E-state index in [2.05, 4.69) is 18.9 Å². The van der Waals surface area contributed by atoms with Gasteiger partial charge in [-0.3, -0.25) is 9.80 Å². The summed E-state index contributed by atoms with van der Waals surface area (Å²) in [7, 11) is 0. The molecule has 0 aromatic rings. The molecule has 1 heterocycles. The molecule has 0 saturated carbocycles. The zero-order chi connectivity index (χ0) is 11.4. The van der Waals surface area contributed by atoms with Crippen LogP contribution in [0.25, 0.3) is 0 Å². The average Bonchev–Trinajstić information content (AvgIpc) is 2.43. The molecule has 1 aliphatic heterocycles. The maximum atomic E-state index is 11.6. The first-order valence-electron chi connectivity index (χ1n) is 5.74. The van der Waals surface area contributed by atoms with Gasteiger partial charge < -0.3 is 5.11 Å². The molecule has 0 spiro atoms. The van der Waals surface area contributed by atoms with E-state index in [9.17, 15) is 9.90 Å². The average molecular weight is 214 g/mol. The van der Waals surface area contributed by atoms with Crippen LogP contribution in [0, 0.1) is 5.92 Å². The molecule has 1 amide bonds. The molecule has 1 aliphatic rings. The van der Waals surface area contributed by atoms with Crippen LogP contribution in [-0.4, -0.2) is 46.8 Å². The number of rotatable bonds is 5. The van der Waals surface area contributed by atoms with Crippen molar-refractivity contribution in [2.75, 3.05) is 19.6 Å². The minimum Gasteiger partial charge on any atom is -0.393 e. The summed E-state index contributed by atoms with van der Waals surface area (Å²) in [4.78, 5) is 11.6. The number of aliphatic hydroxyl groups is 1. The second-order valence-electron chi connectivity index (χ2n) is 4.71. The Balaban J connectivity index is 2.45. The van der Waals surface area contributed by atoms with Gasteiger partial charge in [-0.15, -0.1) is 0 Å². The van der Waals surface area contributed by atoms with Crippen LogP contribution in [0.15, 0.2) is 0 Å². The van der Waals surface area contributed by atoms with Gasteiger partial charge in [-0.1, -0.05) is 13.8 Å². The zero-order valence-electron chi connectivity index (χ0n) is 9.94. The SMILES string of the molecule is CC(C)CN1CCC(=O)N1CCC(C)O. The number of amides is 1. The molecule has 1 unspecified atom stereocenters. The first kappa shape index (κ1) is 12.5. The van der Waals surface area contributed by atoms with E-state index in [1.807, 2.05) is 0 Å². The minimum atomic E-state index is -0.334. The number of hydrazine groups is 1. The monoisotopic (exact) mass is 214 g/mol. The molecule has 1 N–H and O–H groups in total. The second-order valence-corrected chi connectivity index (χ2v) is 4.71. The summed E-state index contributed by atoms with van der Waals surface area (Å²) in [6, 6.07) is 0. The summed E-state index contributed by atoms with van der Waals surface area (Å²) in [6.45, 7) is 8.45. The van der Waals surface area contributed by atoms with E-state index in [-0.39, 0.29) is 12.0 Å². The molecule has 0 radical (unpaired) electrons. The van der Waals surface area contributed by atoms with Crippen LogP contribution in [-0.2, 0) is 4.79 Å². The van der Waals surface area contributed by atoms with Crippen molar-refractivity contribution in [3.63, 3.8) is 0 Å². The number of carbonyl (C=O) groups excluding carboxylic acids is 1. The van der Waals surface area contributed by atoms with Crippen LogP contribution in [0.4, 0.5) is 0 Å². The maximum Gasteiger partial charge on any atom is 0.238 e. The molecule has 0 aromatic heterocycles. The third kappa shape index (κ3) is 3.80. The van der Waals surface area contributed by atoms with E-state index >= 15 is 0 Å². The molecule has 0 aliphatic carbocycles. The Bertz CT molecular complexity index is 217. The molecule has 88 valence electrons. The Morgan fingerprint density at radius 3 is 2.60 bits per heavy atom. The molecule has 1 rings (SSSR count). The van der Waals surface area contributed by atoms with Crippen molar-refractivity contribution < 1.29 is 9.90 Å². The first-order valence-corrected chi connectivity index (χ1v) is 5.74. The number of hydrogen-bond acceptors (Lipinski definition) is 3. The highest BCUT2D eigenvalue weighted by atomic mass is 16.3. The van der Waals surface area contributed by atoms with E-state index in [1.165, 1.54) is 0 Å². The summed E-state index contributed by atoms with van der Waals surface area (Å²) in [6.07, 6.45) is 0.937. The predicted octanol–water partition coefficient (Wildman–Crippen LogP) is 0.863. The van der Waals surface area contributed by atoms with Crippen LogP contribution in [0.2, 0.25) is 0 Å². The summed E-state index contributed by atoms with van der Waals surface area (Å²) < 4.78 is 0. The molecular weight excluding hydrogens is 192 g/mol. The van der Waals surface area contributed by atoms with Gasteiger partial charge in [-0.2, -0.15) is 0 Å². The molecule has 0 bridgehead atoms. The molecular formula is C11H22N2O2. The highest BCUT2D eigenvalue weighted by Crippen LogP contribution is 2.15. The lowest BCUT2D eigenvalue weighted by Gasteiger charge is -2.29. The van der Waals surface area contributed by atoms with Crippen molar-refractivity contribution >= 4 is 5.91 Å². The van der Waals surface area contributed by atoms with Crippen molar-refractivity contribution in [1.82, 2.24) is 10.0 Å². The molecule has 15 heavy (non-hydrogen) atoms. The topological polar surface area (TPSA) is 43.8 Å². The van der Waals surface area contributed by atoms with Crippen LogP contribution < -0.4 is 0 Å². The largest absolute Gasteiger partial charge is 0.393 e. The third-order valence-electron chi connectivity index (χ3n) is 2.55. The molecule has 4 nitrogen and oxygen atoms in total. The summed E-state index contributed by atoms with van der Waals surface area (Å²) in [5.41, 5.74) is 0. The van der Waals surface area contributed by atoms with E-state index in [0.717, 1.165) is 13.1 Å². The Labute approximate surface area is 91.8 Å². The van der Waals surface area contributed by atoms with Gasteiger partial charge in [0.25, 0.3) is 0 Å². The quantitative estimate of drug-likeness (QED) is 0.738. The Kier molecular flexibility index (Phi) is 4.54. The van der Waals surface area contributed by atoms with Gasteiger partial charge in [-0.05, 0) is 19.3 Å². The van der Waals surface area contributed by atoms with Crippen LogP contribution >= 0.6 is 0 Å². The van der Waals surface area contributed by atoms with Gasteiger partial charge in [0.15, 0.2) is 0 Å². The molecule has 4 heteroatoms. The Hall–Kier alpha value is -0.610. The van der Waals surface area contributed by atoms with Crippen molar-refractivity contribution in [1.29, 1.82) is 0 Å². The molecule has 1 saturated heterocycles. The van der Waals surface area contributed by atoms with Crippen molar-refractivity contribution in [3.05, 3.63) is 0 Å². The zero-order valence-corrected chi connectivity index (χ0v) is 9.94. The van der Waals surface area contributed by atoms with Crippen molar-refractivity contribution in [3.8, 4) is 0 Å². The number of nitrogens with zero attached hydrogens (tertiary/aromatic N) is 2. The molecule has 0 aromatic carbocycles. The third-order valence-corrected chi connectivity index (χ3v) is 2.55. The normalized spacial score (nSPS) is 20.3. The van der Waals surface area contributed by atoms with Gasteiger partial charge in [0, 0.05) is 26.1 Å². The van der Waals surface area contributed by atoms with Crippen molar-refractivity contribution in [2.24, 2.45) is 5.92 Å². The lowest BCUT2D eigenvalue weighted by Crippen LogP contribution is -2.42. The fourth-order valence-corrected chi connectivity index (χ4v) is 1.82. The second kappa shape index (κ2) is 5.47. The van der Waals surface area contributed by atoms with E-state index in [0.29, 0.717) is 25.3 Å². The first-order chi connectivity index (χ1) is 7.00. The van der Waals surface area contributed by atoms with E-state index < -0.39 is 0 Å². The lowest BCUT2D eigenvalue weighted by atomic mass is 10.2. The minimum absolute atomic E-state index is 0.191. The van der Waals surface area contributed by atoms with Crippen LogP contribution in [0.5, 0.6) is 0 Å². The van der Waals surface area contributed by atoms with Gasteiger partial charge in [0.2, 0.25) is 5.91 Å². The fraction of sp³-hybridized carbons (Fsp3) is 0.909. The smallest absolute Gasteiger partial charge is 0.238 e. The van der Waals surface area contributed by atoms with Gasteiger partial charge in [0.1, 0.15) is 0 Å². The van der Waals surface area contributed by atoms with Gasteiger partial charge >= 0.3 is 0 Å². The fourth-order valence-electron chi connectivity index (χ4n) is 1.82. The Morgan fingerprint density at radius 2 is 2.07 bits per heavy atom. The highest BCUT2D eigenvalue weighted by molar-refractivity contribution is 5.77. The Morgan fingerprint density at radius 1 is 1.40 bits per heavy atom. The number of hydrogen-bond donors (Lipinski definition) is 1. The molecule has 1 atom stereocenters. The summed E-state index contributed by atoms with van der Waals surface area (Å²) in [5.74, 6) is 0.751. The highest BCUT2D eigenvalue weighted by Gasteiger charge is 2.28. The van der Waals surface area contributed by atoms with Crippen molar-refractivity contribution in [2.45, 2.75) is 39.7 Å². The van der Waals surface area contributed by atoms with E-state index in [1.54, 1.807) is 11.9 Å².